The van der Waals surface area contributed by atoms with Crippen LogP contribution in [-0.2, 0) is 16.1 Å². The van der Waals surface area contributed by atoms with Crippen LogP contribution in [-0.4, -0.2) is 59.4 Å². The summed E-state index contributed by atoms with van der Waals surface area (Å²) in [4.78, 5) is 49.8. The van der Waals surface area contributed by atoms with E-state index in [4.69, 9.17) is 0 Å². The third kappa shape index (κ3) is 3.72. The Morgan fingerprint density at radius 1 is 1.13 bits per heavy atom. The number of imide groups is 2. The number of hydrogen-bond acceptors (Lipinski definition) is 6. The second kappa shape index (κ2) is 7.72. The van der Waals surface area contributed by atoms with Crippen LogP contribution < -0.4 is 16.0 Å². The Bertz CT molecular complexity index is 956. The largest absolute Gasteiger partial charge is 0.407 e. The number of amides is 4. The maximum atomic E-state index is 13.4. The average Bonchev–Trinajstić information content (AvgIpc) is 3.27. The predicted molar refractivity (Wildman–Crippen MR) is 101 cm³/mol. The van der Waals surface area contributed by atoms with E-state index >= 15 is 0 Å². The van der Waals surface area contributed by atoms with Gasteiger partial charge in [-0.15, -0.1) is 0 Å². The Labute approximate surface area is 175 Å². The van der Waals surface area contributed by atoms with Gasteiger partial charge in [0.2, 0.25) is 11.8 Å². The van der Waals surface area contributed by atoms with Gasteiger partial charge in [-0.3, -0.25) is 29.4 Å². The van der Waals surface area contributed by atoms with Gasteiger partial charge in [0.25, 0.3) is 11.8 Å². The zero-order valence-corrected chi connectivity index (χ0v) is 16.5. The molecule has 3 aliphatic rings. The maximum Gasteiger partial charge on any atom is 0.407 e. The number of halogens is 3. The lowest BCUT2D eigenvalue weighted by atomic mass is 9.96. The zero-order valence-electron chi connectivity index (χ0n) is 16.5. The Kier molecular flexibility index (Phi) is 5.34. The minimum absolute atomic E-state index is 0.0123. The van der Waals surface area contributed by atoms with Crippen molar-refractivity contribution in [1.82, 2.24) is 20.9 Å². The van der Waals surface area contributed by atoms with Crippen molar-refractivity contribution in [2.24, 2.45) is 0 Å². The van der Waals surface area contributed by atoms with Crippen molar-refractivity contribution in [2.75, 3.05) is 13.1 Å². The number of piperidine rings is 1. The molecule has 1 aromatic carbocycles. The molecule has 31 heavy (non-hydrogen) atoms. The van der Waals surface area contributed by atoms with Crippen LogP contribution in [0.1, 0.15) is 52.0 Å². The standard InChI is InChI=1S/C20H21F3N4O4/c21-20(22,23)19(6-1-7-25-19)10-24-9-11-2-3-12-13(8-11)18(31)27(17(12)30)14-4-5-15(28)26-16(14)29/h2-3,8,14,24-25H,1,4-7,9-10H2,(H,26,28,29). The minimum atomic E-state index is -4.39. The highest BCUT2D eigenvalue weighted by Gasteiger charge is 2.55. The van der Waals surface area contributed by atoms with Gasteiger partial charge in [0.15, 0.2) is 0 Å². The predicted octanol–water partition coefficient (Wildman–Crippen LogP) is 0.862. The molecule has 3 aliphatic heterocycles. The van der Waals surface area contributed by atoms with E-state index in [-0.39, 0.29) is 43.5 Å². The summed E-state index contributed by atoms with van der Waals surface area (Å²) in [5.74, 6) is -2.44. The number of alkyl halides is 3. The van der Waals surface area contributed by atoms with Crippen LogP contribution in [0.25, 0.3) is 0 Å². The van der Waals surface area contributed by atoms with Crippen molar-refractivity contribution in [3.63, 3.8) is 0 Å². The molecule has 0 spiro atoms. The van der Waals surface area contributed by atoms with Gasteiger partial charge in [-0.1, -0.05) is 6.07 Å². The number of carbonyl (C=O) groups is 4. The molecule has 0 saturated carbocycles. The summed E-state index contributed by atoms with van der Waals surface area (Å²) in [6.45, 7) is 0.0579. The van der Waals surface area contributed by atoms with E-state index in [1.165, 1.54) is 12.1 Å². The molecule has 2 unspecified atom stereocenters. The molecule has 0 bridgehead atoms. The Morgan fingerprint density at radius 3 is 2.52 bits per heavy atom. The number of carbonyl (C=O) groups excluding carboxylic acids is 4. The lowest BCUT2D eigenvalue weighted by Gasteiger charge is -2.32. The molecule has 3 N–H and O–H groups in total. The van der Waals surface area contributed by atoms with Crippen LogP contribution in [0.15, 0.2) is 18.2 Å². The molecule has 2 atom stereocenters. The summed E-state index contributed by atoms with van der Waals surface area (Å²) in [6.07, 6.45) is -3.89. The van der Waals surface area contributed by atoms with E-state index in [0.717, 1.165) is 4.90 Å². The van der Waals surface area contributed by atoms with E-state index in [2.05, 4.69) is 16.0 Å². The van der Waals surface area contributed by atoms with Gasteiger partial charge in [0.1, 0.15) is 11.6 Å². The molecule has 0 aromatic heterocycles. The van der Waals surface area contributed by atoms with E-state index in [0.29, 0.717) is 18.5 Å². The molecule has 166 valence electrons. The lowest BCUT2D eigenvalue weighted by Crippen LogP contribution is -2.58. The van der Waals surface area contributed by atoms with Crippen molar-refractivity contribution in [3.8, 4) is 0 Å². The van der Waals surface area contributed by atoms with E-state index in [9.17, 15) is 32.3 Å². The van der Waals surface area contributed by atoms with Gasteiger partial charge in [0, 0.05) is 19.5 Å². The Balaban J connectivity index is 1.46. The molecule has 1 aromatic rings. The first-order valence-corrected chi connectivity index (χ1v) is 10.00. The van der Waals surface area contributed by atoms with Gasteiger partial charge in [-0.2, -0.15) is 13.2 Å². The van der Waals surface area contributed by atoms with Crippen LogP contribution in [0.2, 0.25) is 0 Å². The third-order valence-corrected chi connectivity index (χ3v) is 6.05. The summed E-state index contributed by atoms with van der Waals surface area (Å²) in [5.41, 5.74) is -1.21. The second-order valence-electron chi connectivity index (χ2n) is 8.04. The Hall–Kier alpha value is -2.79. The summed E-state index contributed by atoms with van der Waals surface area (Å²) in [7, 11) is 0. The molecular formula is C20H21F3N4O4. The SMILES string of the molecule is O=C1CCC(N2C(=O)c3ccc(CNCC4(C(F)(F)F)CCCN4)cc3C2=O)C(=O)N1. The molecule has 2 fully saturated rings. The quantitative estimate of drug-likeness (QED) is 0.589. The van der Waals surface area contributed by atoms with Gasteiger partial charge in [-0.05, 0) is 43.5 Å². The first kappa shape index (κ1) is 21.4. The first-order valence-electron chi connectivity index (χ1n) is 10.00. The molecule has 3 heterocycles. The fraction of sp³-hybridized carbons (Fsp3) is 0.500. The highest BCUT2D eigenvalue weighted by molar-refractivity contribution is 6.23. The van der Waals surface area contributed by atoms with E-state index < -0.39 is 41.4 Å². The normalized spacial score (nSPS) is 26.4. The number of nitrogens with one attached hydrogen (secondary N) is 3. The highest BCUT2D eigenvalue weighted by Crippen LogP contribution is 2.36. The fourth-order valence-electron chi connectivity index (χ4n) is 4.35. The van der Waals surface area contributed by atoms with Crippen LogP contribution in [0.3, 0.4) is 0 Å². The fourth-order valence-corrected chi connectivity index (χ4v) is 4.35. The van der Waals surface area contributed by atoms with Gasteiger partial charge in [0.05, 0.1) is 11.1 Å². The molecule has 4 amide bonds. The molecule has 0 aliphatic carbocycles. The topological polar surface area (TPSA) is 108 Å². The molecule has 2 saturated heterocycles. The van der Waals surface area contributed by atoms with Crippen molar-refractivity contribution in [3.05, 3.63) is 34.9 Å². The maximum absolute atomic E-state index is 13.4. The van der Waals surface area contributed by atoms with Crippen molar-refractivity contribution < 1.29 is 32.3 Å². The smallest absolute Gasteiger partial charge is 0.310 e. The van der Waals surface area contributed by atoms with Crippen molar-refractivity contribution >= 4 is 23.6 Å². The molecule has 0 radical (unpaired) electrons. The zero-order chi connectivity index (χ0) is 22.4. The molecular weight excluding hydrogens is 417 g/mol. The van der Waals surface area contributed by atoms with Crippen LogP contribution in [0.5, 0.6) is 0 Å². The van der Waals surface area contributed by atoms with E-state index in [1.54, 1.807) is 6.07 Å². The van der Waals surface area contributed by atoms with E-state index in [1.807, 2.05) is 0 Å². The average molecular weight is 438 g/mol. The summed E-state index contributed by atoms with van der Waals surface area (Å²) < 4.78 is 40.3. The van der Waals surface area contributed by atoms with Crippen molar-refractivity contribution in [1.29, 1.82) is 0 Å². The summed E-state index contributed by atoms with van der Waals surface area (Å²) in [6, 6.07) is 3.39. The number of benzene rings is 1. The molecule has 11 heteroatoms. The monoisotopic (exact) mass is 438 g/mol. The number of nitrogens with zero attached hydrogens (tertiary/aromatic N) is 1. The lowest BCUT2D eigenvalue weighted by molar-refractivity contribution is -0.190. The van der Waals surface area contributed by atoms with Gasteiger partial charge in [-0.25, -0.2) is 0 Å². The summed E-state index contributed by atoms with van der Waals surface area (Å²) in [5, 5.41) is 7.47. The number of hydrogen-bond donors (Lipinski definition) is 3. The Morgan fingerprint density at radius 2 is 1.87 bits per heavy atom. The van der Waals surface area contributed by atoms with Crippen LogP contribution in [0, 0.1) is 0 Å². The van der Waals surface area contributed by atoms with Gasteiger partial charge < -0.3 is 10.6 Å². The van der Waals surface area contributed by atoms with Gasteiger partial charge >= 0.3 is 6.18 Å². The minimum Gasteiger partial charge on any atom is -0.310 e. The molecule has 8 nitrogen and oxygen atoms in total. The second-order valence-corrected chi connectivity index (χ2v) is 8.04. The molecule has 4 rings (SSSR count). The number of rotatable bonds is 5. The van der Waals surface area contributed by atoms with Crippen molar-refractivity contribution in [2.45, 2.75) is 50.0 Å². The third-order valence-electron chi connectivity index (χ3n) is 6.05. The van der Waals surface area contributed by atoms with Crippen LogP contribution >= 0.6 is 0 Å². The van der Waals surface area contributed by atoms with Crippen LogP contribution in [0.4, 0.5) is 13.2 Å². The first-order chi connectivity index (χ1) is 14.6. The summed E-state index contributed by atoms with van der Waals surface area (Å²) >= 11 is 0. The highest BCUT2D eigenvalue weighted by atomic mass is 19.4. The number of fused-ring (bicyclic) bond motifs is 1.